The van der Waals surface area contributed by atoms with Crippen LogP contribution in [-0.2, 0) is 9.47 Å². The van der Waals surface area contributed by atoms with Crippen LogP contribution < -0.4 is 5.73 Å². The molecule has 0 spiro atoms. The molecule has 0 heterocycles. The van der Waals surface area contributed by atoms with Crippen LogP contribution in [0.5, 0.6) is 0 Å². The summed E-state index contributed by atoms with van der Waals surface area (Å²) in [6.45, 7) is 8.03. The Hall–Kier alpha value is -0.850. The van der Waals surface area contributed by atoms with Crippen LogP contribution >= 0.6 is 0 Å². The van der Waals surface area contributed by atoms with E-state index < -0.39 is 0 Å². The van der Waals surface area contributed by atoms with E-state index >= 15 is 0 Å². The van der Waals surface area contributed by atoms with E-state index in [-0.39, 0.29) is 5.84 Å². The van der Waals surface area contributed by atoms with Gasteiger partial charge in [-0.2, -0.15) is 0 Å². The molecule has 0 aromatic heterocycles. The van der Waals surface area contributed by atoms with Crippen molar-refractivity contribution in [3.63, 3.8) is 0 Å². The Labute approximate surface area is 110 Å². The van der Waals surface area contributed by atoms with Crippen molar-refractivity contribution in [1.82, 2.24) is 4.90 Å². The van der Waals surface area contributed by atoms with Gasteiger partial charge in [0.05, 0.1) is 13.2 Å². The highest BCUT2D eigenvalue weighted by molar-refractivity contribution is 5.79. The number of oxime groups is 1. The predicted molar refractivity (Wildman–Crippen MR) is 72.0 cm³/mol. The van der Waals surface area contributed by atoms with Gasteiger partial charge in [0, 0.05) is 39.3 Å². The van der Waals surface area contributed by atoms with Crippen LogP contribution in [0, 0.1) is 0 Å². The molecule has 0 radical (unpaired) electrons. The zero-order valence-corrected chi connectivity index (χ0v) is 11.8. The molecule has 0 saturated carbocycles. The first-order valence-electron chi connectivity index (χ1n) is 6.39. The number of amidine groups is 1. The molecule has 6 heteroatoms. The molecule has 6 nitrogen and oxygen atoms in total. The smallest absolute Gasteiger partial charge is 0.140 e. The van der Waals surface area contributed by atoms with E-state index in [0.29, 0.717) is 25.7 Å². The number of rotatable bonds is 11. The molecule has 0 amide bonds. The number of nitrogens with two attached hydrogens (primary N) is 1. The first-order chi connectivity index (χ1) is 8.61. The van der Waals surface area contributed by atoms with Crippen molar-refractivity contribution in [1.29, 1.82) is 0 Å². The quantitative estimate of drug-likeness (QED) is 0.190. The summed E-state index contributed by atoms with van der Waals surface area (Å²) in [6.07, 6.45) is 1.55. The summed E-state index contributed by atoms with van der Waals surface area (Å²) in [4.78, 5) is 2.29. The molecule has 0 aliphatic rings. The largest absolute Gasteiger partial charge is 0.409 e. The fraction of sp³-hybridized carbons (Fsp3) is 0.917. The number of hydrogen-bond donors (Lipinski definition) is 2. The summed E-state index contributed by atoms with van der Waals surface area (Å²) in [5, 5.41) is 11.5. The Kier molecular flexibility index (Phi) is 10.7. The maximum Gasteiger partial charge on any atom is 0.140 e. The third-order valence-corrected chi connectivity index (χ3v) is 2.68. The number of methoxy groups -OCH3 is 1. The van der Waals surface area contributed by atoms with Crippen molar-refractivity contribution in [3.05, 3.63) is 0 Å². The highest BCUT2D eigenvalue weighted by Crippen LogP contribution is 2.01. The Balaban J connectivity index is 3.70. The lowest BCUT2D eigenvalue weighted by Crippen LogP contribution is -2.35. The molecule has 0 aliphatic carbocycles. The molecule has 0 fully saturated rings. The third kappa shape index (κ3) is 9.21. The fourth-order valence-electron chi connectivity index (χ4n) is 1.55. The topological polar surface area (TPSA) is 80.3 Å². The van der Waals surface area contributed by atoms with Gasteiger partial charge in [0.25, 0.3) is 0 Å². The molecule has 18 heavy (non-hydrogen) atoms. The number of hydrogen-bond acceptors (Lipinski definition) is 5. The molecular weight excluding hydrogens is 234 g/mol. The average Bonchev–Trinajstić information content (AvgIpc) is 2.36. The molecule has 0 bridgehead atoms. The average molecular weight is 261 g/mol. The van der Waals surface area contributed by atoms with Crippen molar-refractivity contribution in [2.45, 2.75) is 32.7 Å². The number of nitrogens with zero attached hydrogens (tertiary/aromatic N) is 2. The third-order valence-electron chi connectivity index (χ3n) is 2.68. The normalized spacial score (nSPS) is 12.6. The van der Waals surface area contributed by atoms with Crippen molar-refractivity contribution in [2.24, 2.45) is 10.9 Å². The van der Waals surface area contributed by atoms with Gasteiger partial charge in [0.1, 0.15) is 5.84 Å². The summed E-state index contributed by atoms with van der Waals surface area (Å²) in [5.41, 5.74) is 5.47. The second-order valence-corrected chi connectivity index (χ2v) is 4.43. The minimum atomic E-state index is 0.275. The van der Waals surface area contributed by atoms with E-state index in [2.05, 4.69) is 23.9 Å². The van der Waals surface area contributed by atoms with Gasteiger partial charge < -0.3 is 25.3 Å². The van der Waals surface area contributed by atoms with Crippen LogP contribution in [0.3, 0.4) is 0 Å². The van der Waals surface area contributed by atoms with E-state index in [1.165, 1.54) is 0 Å². The molecule has 0 aromatic carbocycles. The van der Waals surface area contributed by atoms with Crippen molar-refractivity contribution in [2.75, 3.05) is 40.0 Å². The molecule has 108 valence electrons. The lowest BCUT2D eigenvalue weighted by Gasteiger charge is -2.26. The molecule has 0 unspecified atom stereocenters. The highest BCUT2D eigenvalue weighted by atomic mass is 16.5. The minimum absolute atomic E-state index is 0.275. The molecule has 3 N–H and O–H groups in total. The van der Waals surface area contributed by atoms with E-state index in [1.54, 1.807) is 7.11 Å². The van der Waals surface area contributed by atoms with Gasteiger partial charge in [0.15, 0.2) is 0 Å². The monoisotopic (exact) mass is 261 g/mol. The van der Waals surface area contributed by atoms with Gasteiger partial charge in [-0.25, -0.2) is 0 Å². The molecule has 0 rings (SSSR count). The Morgan fingerprint density at radius 3 is 2.56 bits per heavy atom. The molecule has 0 aliphatic heterocycles. The molecule has 0 atom stereocenters. The van der Waals surface area contributed by atoms with Crippen LogP contribution in [0.4, 0.5) is 0 Å². The van der Waals surface area contributed by atoms with Crippen molar-refractivity contribution < 1.29 is 14.7 Å². The van der Waals surface area contributed by atoms with Gasteiger partial charge in [0.2, 0.25) is 0 Å². The summed E-state index contributed by atoms with van der Waals surface area (Å²) in [6, 6.07) is 0.440. The van der Waals surface area contributed by atoms with Gasteiger partial charge in [-0.05, 0) is 20.3 Å². The van der Waals surface area contributed by atoms with E-state index in [0.717, 1.165) is 26.1 Å². The fourth-order valence-corrected chi connectivity index (χ4v) is 1.55. The van der Waals surface area contributed by atoms with Crippen LogP contribution in [0.2, 0.25) is 0 Å². The second kappa shape index (κ2) is 11.3. The first-order valence-corrected chi connectivity index (χ1v) is 6.39. The van der Waals surface area contributed by atoms with Gasteiger partial charge in [-0.1, -0.05) is 5.16 Å². The summed E-state index contributed by atoms with van der Waals surface area (Å²) < 4.78 is 10.3. The van der Waals surface area contributed by atoms with Crippen LogP contribution in [0.15, 0.2) is 5.16 Å². The second-order valence-electron chi connectivity index (χ2n) is 4.43. The maximum absolute atomic E-state index is 8.50. The Bertz CT molecular complexity index is 223. The first kappa shape index (κ1) is 17.2. The van der Waals surface area contributed by atoms with Crippen molar-refractivity contribution >= 4 is 5.84 Å². The highest BCUT2D eigenvalue weighted by Gasteiger charge is 2.09. The zero-order valence-electron chi connectivity index (χ0n) is 11.8. The lowest BCUT2D eigenvalue weighted by atomic mass is 10.2. The summed E-state index contributed by atoms with van der Waals surface area (Å²) in [7, 11) is 1.66. The molecular formula is C12H27N3O3. The lowest BCUT2D eigenvalue weighted by molar-refractivity contribution is 0.0637. The SMILES string of the molecule is COCCOCCCN(CCC(N)=NO)C(C)C. The van der Waals surface area contributed by atoms with Crippen LogP contribution in [0.1, 0.15) is 26.7 Å². The van der Waals surface area contributed by atoms with Crippen molar-refractivity contribution in [3.8, 4) is 0 Å². The van der Waals surface area contributed by atoms with Gasteiger partial charge in [-0.15, -0.1) is 0 Å². The summed E-state index contributed by atoms with van der Waals surface area (Å²) in [5.74, 6) is 0.275. The van der Waals surface area contributed by atoms with E-state index in [9.17, 15) is 0 Å². The number of ether oxygens (including phenoxy) is 2. The van der Waals surface area contributed by atoms with E-state index in [1.807, 2.05) is 0 Å². The van der Waals surface area contributed by atoms with Gasteiger partial charge in [-0.3, -0.25) is 0 Å². The maximum atomic E-state index is 8.50. The minimum Gasteiger partial charge on any atom is -0.409 e. The standard InChI is InChI=1S/C12H27N3O3/c1-11(2)15(7-5-12(13)14-16)6-4-8-18-10-9-17-3/h11,16H,4-10H2,1-3H3,(H2,13,14). The van der Waals surface area contributed by atoms with E-state index in [4.69, 9.17) is 20.4 Å². The zero-order chi connectivity index (χ0) is 13.8. The van der Waals surface area contributed by atoms with Crippen LogP contribution in [-0.4, -0.2) is 62.0 Å². The Morgan fingerprint density at radius 1 is 1.28 bits per heavy atom. The Morgan fingerprint density at radius 2 is 2.00 bits per heavy atom. The molecule has 0 saturated heterocycles. The predicted octanol–water partition coefficient (Wildman–Crippen LogP) is 0.886. The molecule has 0 aromatic rings. The van der Waals surface area contributed by atoms with Crippen LogP contribution in [0.25, 0.3) is 0 Å². The summed E-state index contributed by atoms with van der Waals surface area (Å²) >= 11 is 0. The van der Waals surface area contributed by atoms with Gasteiger partial charge >= 0.3 is 0 Å².